The second-order valence-corrected chi connectivity index (χ2v) is 4.56. The lowest BCUT2D eigenvalue weighted by Gasteiger charge is -2.08. The molecule has 0 aliphatic heterocycles. The highest BCUT2D eigenvalue weighted by molar-refractivity contribution is 5.82. The van der Waals surface area contributed by atoms with Crippen molar-refractivity contribution in [2.75, 3.05) is 7.11 Å². The molecule has 3 aromatic rings. The Balaban J connectivity index is 1.85. The summed E-state index contributed by atoms with van der Waals surface area (Å²) in [7, 11) is 1.63. The summed E-state index contributed by atoms with van der Waals surface area (Å²) in [5, 5.41) is 0.783. The molecule has 0 atom stereocenters. The van der Waals surface area contributed by atoms with Crippen LogP contribution in [0.5, 0.6) is 11.5 Å². The number of hydrogen-bond donors (Lipinski definition) is 0. The van der Waals surface area contributed by atoms with Crippen LogP contribution >= 0.6 is 0 Å². The Labute approximate surface area is 121 Å². The zero-order chi connectivity index (χ0) is 14.7. The minimum absolute atomic E-state index is 0.372. The van der Waals surface area contributed by atoms with Crippen LogP contribution in [0.15, 0.2) is 63.8 Å². The predicted octanol–water partition coefficient (Wildman–Crippen LogP) is 3.38. The molecule has 1 aromatic heterocycles. The number of rotatable bonds is 4. The molecule has 0 N–H and O–H groups in total. The van der Waals surface area contributed by atoms with E-state index in [1.54, 1.807) is 13.2 Å². The van der Waals surface area contributed by atoms with Crippen LogP contribution in [0.3, 0.4) is 0 Å². The minimum atomic E-state index is -0.418. The molecule has 0 unspecified atom stereocenters. The lowest BCUT2D eigenvalue weighted by atomic mass is 10.2. The van der Waals surface area contributed by atoms with Crippen LogP contribution in [0, 0.1) is 0 Å². The third-order valence-electron chi connectivity index (χ3n) is 3.17. The first-order chi connectivity index (χ1) is 10.3. The molecule has 0 fully saturated rings. The highest BCUT2D eigenvalue weighted by atomic mass is 16.5. The maximum absolute atomic E-state index is 11.5. The van der Waals surface area contributed by atoms with Crippen molar-refractivity contribution < 1.29 is 13.9 Å². The summed E-state index contributed by atoms with van der Waals surface area (Å²) in [6.07, 6.45) is 0. The number of benzene rings is 2. The van der Waals surface area contributed by atoms with E-state index in [-0.39, 0.29) is 0 Å². The fourth-order valence-electron chi connectivity index (χ4n) is 2.08. The second kappa shape index (κ2) is 5.71. The number of hydrogen-bond acceptors (Lipinski definition) is 4. The Hall–Kier alpha value is -2.75. The topological polar surface area (TPSA) is 48.7 Å². The predicted molar refractivity (Wildman–Crippen MR) is 79.8 cm³/mol. The quantitative estimate of drug-likeness (QED) is 0.688. The molecule has 0 amide bonds. The molecule has 4 nitrogen and oxygen atoms in total. The Morgan fingerprint density at radius 2 is 1.81 bits per heavy atom. The van der Waals surface area contributed by atoms with Crippen LogP contribution in [0.2, 0.25) is 0 Å². The third kappa shape index (κ3) is 2.89. The van der Waals surface area contributed by atoms with Crippen LogP contribution in [-0.2, 0) is 6.61 Å². The number of fused-ring (bicyclic) bond motifs is 1. The van der Waals surface area contributed by atoms with Gasteiger partial charge < -0.3 is 13.9 Å². The van der Waals surface area contributed by atoms with E-state index in [0.29, 0.717) is 17.9 Å². The molecule has 21 heavy (non-hydrogen) atoms. The van der Waals surface area contributed by atoms with Gasteiger partial charge in [0, 0.05) is 0 Å². The molecule has 0 bridgehead atoms. The first-order valence-electron chi connectivity index (χ1n) is 6.55. The first-order valence-corrected chi connectivity index (χ1v) is 6.55. The van der Waals surface area contributed by atoms with Crippen molar-refractivity contribution in [3.05, 3.63) is 70.6 Å². The average Bonchev–Trinajstić information content (AvgIpc) is 2.53. The SMILES string of the molecule is COc1ccc(COc2cc(=O)oc3ccccc23)cc1. The van der Waals surface area contributed by atoms with Gasteiger partial charge in [-0.05, 0) is 29.8 Å². The number of para-hydroxylation sites is 1. The van der Waals surface area contributed by atoms with Gasteiger partial charge in [-0.1, -0.05) is 24.3 Å². The maximum Gasteiger partial charge on any atom is 0.339 e. The lowest BCUT2D eigenvalue weighted by molar-refractivity contribution is 0.307. The molecule has 0 aliphatic carbocycles. The summed E-state index contributed by atoms with van der Waals surface area (Å²) in [6, 6.07) is 16.3. The molecule has 106 valence electrons. The van der Waals surface area contributed by atoms with Gasteiger partial charge in [-0.25, -0.2) is 4.79 Å². The van der Waals surface area contributed by atoms with Crippen LogP contribution in [0.1, 0.15) is 5.56 Å². The van der Waals surface area contributed by atoms with Crippen molar-refractivity contribution in [1.29, 1.82) is 0 Å². The number of ether oxygens (including phenoxy) is 2. The van der Waals surface area contributed by atoms with Crippen molar-refractivity contribution in [3.8, 4) is 11.5 Å². The summed E-state index contributed by atoms with van der Waals surface area (Å²) in [5.41, 5.74) is 1.10. The summed E-state index contributed by atoms with van der Waals surface area (Å²) in [6.45, 7) is 0.372. The van der Waals surface area contributed by atoms with Gasteiger partial charge in [0.25, 0.3) is 0 Å². The Morgan fingerprint density at radius 1 is 1.05 bits per heavy atom. The molecule has 0 radical (unpaired) electrons. The average molecular weight is 282 g/mol. The van der Waals surface area contributed by atoms with Gasteiger partial charge in [-0.2, -0.15) is 0 Å². The van der Waals surface area contributed by atoms with E-state index in [2.05, 4.69) is 0 Å². The van der Waals surface area contributed by atoms with Gasteiger partial charge in [-0.15, -0.1) is 0 Å². The van der Waals surface area contributed by atoms with Crippen molar-refractivity contribution >= 4 is 11.0 Å². The highest BCUT2D eigenvalue weighted by Crippen LogP contribution is 2.24. The highest BCUT2D eigenvalue weighted by Gasteiger charge is 2.06. The second-order valence-electron chi connectivity index (χ2n) is 4.56. The third-order valence-corrected chi connectivity index (χ3v) is 3.17. The van der Waals surface area contributed by atoms with E-state index >= 15 is 0 Å². The van der Waals surface area contributed by atoms with E-state index in [1.165, 1.54) is 6.07 Å². The Bertz CT molecular complexity index is 803. The molecule has 0 saturated carbocycles. The molecule has 0 aliphatic rings. The zero-order valence-corrected chi connectivity index (χ0v) is 11.5. The molecular weight excluding hydrogens is 268 g/mol. The molecule has 2 aromatic carbocycles. The molecule has 4 heteroatoms. The van der Waals surface area contributed by atoms with Gasteiger partial charge in [0.1, 0.15) is 23.7 Å². The first kappa shape index (κ1) is 13.2. The summed E-state index contributed by atoms with van der Waals surface area (Å²) in [4.78, 5) is 11.5. The van der Waals surface area contributed by atoms with Crippen LogP contribution in [0.4, 0.5) is 0 Å². The molecule has 3 rings (SSSR count). The molecular formula is C17H14O4. The smallest absolute Gasteiger partial charge is 0.339 e. The largest absolute Gasteiger partial charge is 0.497 e. The van der Waals surface area contributed by atoms with Crippen molar-refractivity contribution in [3.63, 3.8) is 0 Å². The Morgan fingerprint density at radius 3 is 2.57 bits per heavy atom. The maximum atomic E-state index is 11.5. The monoisotopic (exact) mass is 282 g/mol. The van der Waals surface area contributed by atoms with E-state index in [0.717, 1.165) is 16.7 Å². The van der Waals surface area contributed by atoms with Crippen LogP contribution in [0.25, 0.3) is 11.0 Å². The van der Waals surface area contributed by atoms with E-state index < -0.39 is 5.63 Å². The van der Waals surface area contributed by atoms with Crippen molar-refractivity contribution in [1.82, 2.24) is 0 Å². The molecule has 0 spiro atoms. The van der Waals surface area contributed by atoms with Gasteiger partial charge in [0.15, 0.2) is 0 Å². The molecule has 0 saturated heterocycles. The summed E-state index contributed by atoms with van der Waals surface area (Å²) in [5.74, 6) is 1.32. The summed E-state index contributed by atoms with van der Waals surface area (Å²) >= 11 is 0. The lowest BCUT2D eigenvalue weighted by Crippen LogP contribution is -2.02. The van der Waals surface area contributed by atoms with Crippen molar-refractivity contribution in [2.45, 2.75) is 6.61 Å². The van der Waals surface area contributed by atoms with Gasteiger partial charge >= 0.3 is 5.63 Å². The minimum Gasteiger partial charge on any atom is -0.497 e. The normalized spacial score (nSPS) is 10.5. The summed E-state index contributed by atoms with van der Waals surface area (Å²) < 4.78 is 16.0. The number of methoxy groups -OCH3 is 1. The van der Waals surface area contributed by atoms with E-state index in [9.17, 15) is 4.79 Å². The zero-order valence-electron chi connectivity index (χ0n) is 11.5. The Kier molecular flexibility index (Phi) is 3.60. The van der Waals surface area contributed by atoms with Crippen LogP contribution in [-0.4, -0.2) is 7.11 Å². The standard InChI is InChI=1S/C17H14O4/c1-19-13-8-6-12(7-9-13)11-20-16-10-17(18)21-15-5-3-2-4-14(15)16/h2-10H,11H2,1H3. The van der Waals surface area contributed by atoms with Gasteiger partial charge in [-0.3, -0.25) is 0 Å². The van der Waals surface area contributed by atoms with E-state index in [4.69, 9.17) is 13.9 Å². The van der Waals surface area contributed by atoms with Gasteiger partial charge in [0.2, 0.25) is 0 Å². The molecule has 1 heterocycles. The van der Waals surface area contributed by atoms with Crippen LogP contribution < -0.4 is 15.1 Å². The fourth-order valence-corrected chi connectivity index (χ4v) is 2.08. The van der Waals surface area contributed by atoms with Gasteiger partial charge in [0.05, 0.1) is 18.6 Å². The van der Waals surface area contributed by atoms with E-state index in [1.807, 2.05) is 42.5 Å². The van der Waals surface area contributed by atoms with Crippen molar-refractivity contribution in [2.24, 2.45) is 0 Å². The fraction of sp³-hybridized carbons (Fsp3) is 0.118.